The molecule has 0 atom stereocenters. The summed E-state index contributed by atoms with van der Waals surface area (Å²) in [6.07, 6.45) is 0. The Bertz CT molecular complexity index is 623. The van der Waals surface area contributed by atoms with Crippen molar-refractivity contribution in [1.82, 2.24) is 0 Å². The maximum Gasteiger partial charge on any atom is 0.323 e. The molecule has 0 saturated carbocycles. The molecule has 0 radical (unpaired) electrons. The molecule has 0 aliphatic carbocycles. The van der Waals surface area contributed by atoms with E-state index in [9.17, 15) is 9.59 Å². The third-order valence-electron chi connectivity index (χ3n) is 2.67. The van der Waals surface area contributed by atoms with Gasteiger partial charge in [0, 0.05) is 23.7 Å². The summed E-state index contributed by atoms with van der Waals surface area (Å²) in [4.78, 5) is 23.0. The predicted octanol–water partition coefficient (Wildman–Crippen LogP) is 3.66. The number of benzene rings is 1. The lowest BCUT2D eigenvalue weighted by Crippen LogP contribution is -2.20. The third kappa shape index (κ3) is 3.58. The van der Waals surface area contributed by atoms with Crippen molar-refractivity contribution >= 4 is 40.3 Å². The van der Waals surface area contributed by atoms with Gasteiger partial charge in [0.25, 0.3) is 0 Å². The van der Waals surface area contributed by atoms with Crippen LogP contribution in [0.15, 0.2) is 35.0 Å². The van der Waals surface area contributed by atoms with Gasteiger partial charge < -0.3 is 16.0 Å². The lowest BCUT2D eigenvalue weighted by molar-refractivity contribution is -0.114. The molecular formula is C14H15N3O2S. The van der Waals surface area contributed by atoms with Crippen LogP contribution in [-0.4, -0.2) is 11.9 Å². The zero-order chi connectivity index (χ0) is 14.5. The summed E-state index contributed by atoms with van der Waals surface area (Å²) in [6, 6.07) is 6.86. The van der Waals surface area contributed by atoms with E-state index in [0.717, 1.165) is 11.3 Å². The average Bonchev–Trinajstić information content (AvgIpc) is 2.86. The second-order valence-corrected chi connectivity index (χ2v) is 5.03. The van der Waals surface area contributed by atoms with Crippen LogP contribution in [-0.2, 0) is 4.79 Å². The molecule has 0 spiro atoms. The first-order valence-corrected chi connectivity index (χ1v) is 6.98. The van der Waals surface area contributed by atoms with Gasteiger partial charge in [0.05, 0.1) is 5.69 Å². The maximum atomic E-state index is 11.9. The van der Waals surface area contributed by atoms with Gasteiger partial charge in [-0.05, 0) is 36.1 Å². The van der Waals surface area contributed by atoms with Gasteiger partial charge in [-0.15, -0.1) is 0 Å². The zero-order valence-electron chi connectivity index (χ0n) is 11.2. The molecule has 104 valence electrons. The molecule has 1 aromatic carbocycles. The molecule has 2 rings (SSSR count). The molecule has 0 aliphatic rings. The summed E-state index contributed by atoms with van der Waals surface area (Å²) in [5, 5.41) is 12.0. The van der Waals surface area contributed by atoms with Crippen LogP contribution in [0.2, 0.25) is 0 Å². The van der Waals surface area contributed by atoms with Crippen molar-refractivity contribution in [2.24, 2.45) is 0 Å². The van der Waals surface area contributed by atoms with E-state index in [-0.39, 0.29) is 11.9 Å². The summed E-state index contributed by atoms with van der Waals surface area (Å²) in [5.41, 5.74) is 2.90. The molecule has 0 bridgehead atoms. The Morgan fingerprint density at radius 2 is 1.75 bits per heavy atom. The second-order valence-electron chi connectivity index (χ2n) is 4.25. The molecule has 5 nitrogen and oxygen atoms in total. The number of amides is 3. The Labute approximate surface area is 121 Å². The topological polar surface area (TPSA) is 70.2 Å². The number of carbonyl (C=O) groups excluding carboxylic acids is 2. The van der Waals surface area contributed by atoms with Gasteiger partial charge in [-0.3, -0.25) is 4.79 Å². The highest BCUT2D eigenvalue weighted by molar-refractivity contribution is 7.08. The van der Waals surface area contributed by atoms with Crippen molar-refractivity contribution in [3.8, 4) is 0 Å². The minimum atomic E-state index is -0.313. The smallest absolute Gasteiger partial charge is 0.323 e. The van der Waals surface area contributed by atoms with Crippen molar-refractivity contribution in [3.63, 3.8) is 0 Å². The van der Waals surface area contributed by atoms with Crippen LogP contribution in [0, 0.1) is 6.92 Å². The molecule has 6 heteroatoms. The summed E-state index contributed by atoms with van der Waals surface area (Å²) in [5.74, 6) is -0.145. The fourth-order valence-corrected chi connectivity index (χ4v) is 2.30. The number of carbonyl (C=O) groups is 2. The third-order valence-corrected chi connectivity index (χ3v) is 3.35. The van der Waals surface area contributed by atoms with Gasteiger partial charge in [-0.2, -0.15) is 11.3 Å². The van der Waals surface area contributed by atoms with Gasteiger partial charge in [-0.1, -0.05) is 6.07 Å². The van der Waals surface area contributed by atoms with E-state index in [1.54, 1.807) is 18.2 Å². The van der Waals surface area contributed by atoms with Gasteiger partial charge in [0.1, 0.15) is 0 Å². The molecule has 0 unspecified atom stereocenters. The maximum absolute atomic E-state index is 11.9. The summed E-state index contributed by atoms with van der Waals surface area (Å²) in [7, 11) is 0. The highest BCUT2D eigenvalue weighted by Gasteiger charge is 2.08. The Morgan fingerprint density at radius 3 is 2.35 bits per heavy atom. The lowest BCUT2D eigenvalue weighted by Gasteiger charge is -2.13. The lowest BCUT2D eigenvalue weighted by atomic mass is 10.1. The monoisotopic (exact) mass is 289 g/mol. The number of hydrogen-bond acceptors (Lipinski definition) is 3. The van der Waals surface area contributed by atoms with E-state index in [4.69, 9.17) is 0 Å². The molecule has 0 aliphatic heterocycles. The van der Waals surface area contributed by atoms with E-state index in [2.05, 4.69) is 16.0 Å². The Hall–Kier alpha value is -2.34. The van der Waals surface area contributed by atoms with Gasteiger partial charge >= 0.3 is 6.03 Å². The van der Waals surface area contributed by atoms with Gasteiger partial charge in [0.2, 0.25) is 5.91 Å². The van der Waals surface area contributed by atoms with E-state index in [1.165, 1.54) is 18.3 Å². The number of nitrogens with one attached hydrogen (secondary N) is 3. The van der Waals surface area contributed by atoms with Crippen molar-refractivity contribution in [2.45, 2.75) is 13.8 Å². The molecule has 20 heavy (non-hydrogen) atoms. The van der Waals surface area contributed by atoms with Crippen LogP contribution in [0.3, 0.4) is 0 Å². The number of anilines is 3. The van der Waals surface area contributed by atoms with Crippen molar-refractivity contribution < 1.29 is 9.59 Å². The molecule has 2 aromatic rings. The average molecular weight is 289 g/mol. The first-order chi connectivity index (χ1) is 9.56. The first kappa shape index (κ1) is 14.1. The Kier molecular flexibility index (Phi) is 4.37. The van der Waals surface area contributed by atoms with Gasteiger partial charge in [-0.25, -0.2) is 4.79 Å². The SMILES string of the molecule is CC(=O)Nc1cccc(NC(=O)Nc2ccsc2)c1C. The molecule has 1 heterocycles. The number of urea groups is 1. The fraction of sp³-hybridized carbons (Fsp3) is 0.143. The fourth-order valence-electron chi connectivity index (χ4n) is 1.72. The van der Waals surface area contributed by atoms with Crippen LogP contribution in [0.25, 0.3) is 0 Å². The first-order valence-electron chi connectivity index (χ1n) is 6.03. The Morgan fingerprint density at radius 1 is 1.05 bits per heavy atom. The van der Waals surface area contributed by atoms with Crippen LogP contribution in [0.5, 0.6) is 0 Å². The van der Waals surface area contributed by atoms with E-state index in [1.807, 2.05) is 23.8 Å². The summed E-state index contributed by atoms with van der Waals surface area (Å²) < 4.78 is 0. The Balaban J connectivity index is 2.09. The molecular weight excluding hydrogens is 274 g/mol. The van der Waals surface area contributed by atoms with E-state index >= 15 is 0 Å². The van der Waals surface area contributed by atoms with Gasteiger partial charge in [0.15, 0.2) is 0 Å². The molecule has 0 fully saturated rings. The number of hydrogen-bond donors (Lipinski definition) is 3. The molecule has 0 saturated heterocycles. The summed E-state index contributed by atoms with van der Waals surface area (Å²) in [6.45, 7) is 3.29. The molecule has 3 N–H and O–H groups in total. The highest BCUT2D eigenvalue weighted by Crippen LogP contribution is 2.23. The van der Waals surface area contributed by atoms with E-state index in [0.29, 0.717) is 11.4 Å². The number of thiophene rings is 1. The zero-order valence-corrected chi connectivity index (χ0v) is 12.0. The van der Waals surface area contributed by atoms with Crippen molar-refractivity contribution in [2.75, 3.05) is 16.0 Å². The molecule has 3 amide bonds. The van der Waals surface area contributed by atoms with Crippen LogP contribution in [0.1, 0.15) is 12.5 Å². The quantitative estimate of drug-likeness (QED) is 0.807. The largest absolute Gasteiger partial charge is 0.326 e. The minimum Gasteiger partial charge on any atom is -0.326 e. The molecule has 1 aromatic heterocycles. The number of rotatable bonds is 3. The van der Waals surface area contributed by atoms with E-state index < -0.39 is 0 Å². The van der Waals surface area contributed by atoms with Crippen LogP contribution >= 0.6 is 11.3 Å². The predicted molar refractivity (Wildman–Crippen MR) is 82.4 cm³/mol. The van der Waals surface area contributed by atoms with Crippen LogP contribution in [0.4, 0.5) is 21.9 Å². The second kappa shape index (κ2) is 6.21. The minimum absolute atomic E-state index is 0.145. The summed E-state index contributed by atoms with van der Waals surface area (Å²) >= 11 is 1.51. The highest BCUT2D eigenvalue weighted by atomic mass is 32.1. The standard InChI is InChI=1S/C14H15N3O2S/c1-9-12(15-10(2)18)4-3-5-13(9)17-14(19)16-11-6-7-20-8-11/h3-8H,1-2H3,(H,15,18)(H2,16,17,19). The van der Waals surface area contributed by atoms with Crippen molar-refractivity contribution in [1.29, 1.82) is 0 Å². The normalized spacial score (nSPS) is 9.90. The van der Waals surface area contributed by atoms with Crippen LogP contribution < -0.4 is 16.0 Å². The van der Waals surface area contributed by atoms with Crippen molar-refractivity contribution in [3.05, 3.63) is 40.6 Å².